The summed E-state index contributed by atoms with van der Waals surface area (Å²) < 4.78 is 0. The lowest BCUT2D eigenvalue weighted by molar-refractivity contribution is -0.123. The van der Waals surface area contributed by atoms with Gasteiger partial charge < -0.3 is 0 Å². The Kier molecular flexibility index (Phi) is 5.28. The molecule has 0 aromatic heterocycles. The number of amides is 1. The second-order valence-electron chi connectivity index (χ2n) is 8.08. The molecule has 164 valence electrons. The smallest absolute Gasteiger partial charge is 0.268 e. The highest BCUT2D eigenvalue weighted by Crippen LogP contribution is 2.66. The number of para-hydroxylation sites is 2. The maximum atomic E-state index is 14.3. The molecule has 1 fully saturated rings. The van der Waals surface area contributed by atoms with Crippen molar-refractivity contribution in [3.63, 3.8) is 0 Å². The van der Waals surface area contributed by atoms with Gasteiger partial charge >= 0.3 is 0 Å². The van der Waals surface area contributed by atoms with Crippen LogP contribution in [0.3, 0.4) is 0 Å². The summed E-state index contributed by atoms with van der Waals surface area (Å²) in [5.74, 6) is -0.445. The topological polar surface area (TPSA) is 92.6 Å². The number of nitrogens with zero attached hydrogens (tertiary/aromatic N) is 5. The molecule has 0 unspecified atom stereocenters. The first-order valence-corrected chi connectivity index (χ1v) is 11.6. The van der Waals surface area contributed by atoms with E-state index < -0.39 is 22.0 Å². The van der Waals surface area contributed by atoms with Crippen molar-refractivity contribution in [2.24, 2.45) is 20.9 Å². The second-order valence-corrected chi connectivity index (χ2v) is 9.17. The molecule has 3 aromatic carbocycles. The van der Waals surface area contributed by atoms with Crippen LogP contribution >= 0.6 is 11.8 Å². The van der Waals surface area contributed by atoms with E-state index >= 15 is 0 Å². The summed E-state index contributed by atoms with van der Waals surface area (Å²) in [4.78, 5) is 19.1. The van der Waals surface area contributed by atoms with Gasteiger partial charge in [-0.15, -0.1) is 0 Å². The third kappa shape index (κ3) is 2.91. The van der Waals surface area contributed by atoms with Crippen LogP contribution in [0.2, 0.25) is 0 Å². The minimum Gasteiger partial charge on any atom is -0.271 e. The Morgan fingerprint density at radius 2 is 1.47 bits per heavy atom. The molecule has 2 heterocycles. The van der Waals surface area contributed by atoms with Gasteiger partial charge in [-0.2, -0.15) is 20.6 Å². The molecule has 0 saturated carbocycles. The molecule has 2 aliphatic heterocycles. The number of nitriles is 2. The Balaban J connectivity index is 1.79. The SMILES string of the molecule is CC1=NN(c2ccccc2)C(=O)[C@]12C(=Nc1ccccc1)S[C@H](c1ccccc1)C2(C#N)C#N. The molecule has 34 heavy (non-hydrogen) atoms. The molecule has 0 aliphatic carbocycles. The number of rotatable bonds is 3. The molecule has 0 bridgehead atoms. The fourth-order valence-electron chi connectivity index (χ4n) is 4.67. The molecular weight excluding hydrogens is 442 g/mol. The van der Waals surface area contributed by atoms with E-state index in [4.69, 9.17) is 4.99 Å². The zero-order valence-corrected chi connectivity index (χ0v) is 19.1. The first-order chi connectivity index (χ1) is 16.6. The Bertz CT molecular complexity index is 1380. The lowest BCUT2D eigenvalue weighted by Gasteiger charge is -2.33. The summed E-state index contributed by atoms with van der Waals surface area (Å²) in [6.07, 6.45) is 0. The maximum absolute atomic E-state index is 14.3. The summed E-state index contributed by atoms with van der Waals surface area (Å²) >= 11 is 1.29. The van der Waals surface area contributed by atoms with Crippen LogP contribution in [-0.4, -0.2) is 16.7 Å². The van der Waals surface area contributed by atoms with Crippen LogP contribution in [0.5, 0.6) is 0 Å². The van der Waals surface area contributed by atoms with Gasteiger partial charge in [-0.3, -0.25) is 4.79 Å². The Hall–Kier alpha value is -4.20. The first kappa shape index (κ1) is 21.6. The van der Waals surface area contributed by atoms with Gasteiger partial charge in [0.05, 0.1) is 39.5 Å². The molecule has 5 rings (SSSR count). The number of hydrazone groups is 1. The molecule has 6 nitrogen and oxygen atoms in total. The number of benzene rings is 3. The number of thioether (sulfide) groups is 1. The van der Waals surface area contributed by atoms with Crippen molar-refractivity contribution in [1.29, 1.82) is 10.5 Å². The highest BCUT2D eigenvalue weighted by Gasteiger charge is 2.75. The maximum Gasteiger partial charge on any atom is 0.268 e. The van der Waals surface area contributed by atoms with E-state index in [2.05, 4.69) is 17.2 Å². The lowest BCUT2D eigenvalue weighted by Crippen LogP contribution is -2.53. The number of aliphatic imine (C=N–C) groups is 1. The second kappa shape index (κ2) is 8.30. The molecule has 1 spiro atoms. The number of hydrogen-bond acceptors (Lipinski definition) is 6. The van der Waals surface area contributed by atoms with Gasteiger partial charge in [0.15, 0.2) is 10.8 Å². The fraction of sp³-hybridized carbons (Fsp3) is 0.148. The fourth-order valence-corrected chi connectivity index (χ4v) is 6.37. The lowest BCUT2D eigenvalue weighted by atomic mass is 9.60. The monoisotopic (exact) mass is 461 g/mol. The van der Waals surface area contributed by atoms with E-state index in [0.29, 0.717) is 22.1 Å². The van der Waals surface area contributed by atoms with E-state index in [-0.39, 0.29) is 0 Å². The van der Waals surface area contributed by atoms with E-state index in [1.54, 1.807) is 19.1 Å². The summed E-state index contributed by atoms with van der Waals surface area (Å²) in [6, 6.07) is 32.2. The van der Waals surface area contributed by atoms with E-state index in [1.807, 2.05) is 78.9 Å². The molecular formula is C27H19N5OS. The van der Waals surface area contributed by atoms with Gasteiger partial charge in [-0.1, -0.05) is 78.5 Å². The molecule has 7 heteroatoms. The third-order valence-electron chi connectivity index (χ3n) is 6.28. The minimum absolute atomic E-state index is 0.380. The highest BCUT2D eigenvalue weighted by molar-refractivity contribution is 8.14. The highest BCUT2D eigenvalue weighted by atomic mass is 32.2. The Morgan fingerprint density at radius 1 is 0.912 bits per heavy atom. The molecule has 3 aromatic rings. The zero-order valence-electron chi connectivity index (χ0n) is 18.3. The van der Waals surface area contributed by atoms with Gasteiger partial charge in [0.2, 0.25) is 0 Å². The summed E-state index contributed by atoms with van der Waals surface area (Å²) in [7, 11) is 0. The average Bonchev–Trinajstić information content (AvgIpc) is 3.34. The Morgan fingerprint density at radius 3 is 2.06 bits per heavy atom. The van der Waals surface area contributed by atoms with Gasteiger partial charge in [0.1, 0.15) is 0 Å². The van der Waals surface area contributed by atoms with Gasteiger partial charge in [-0.25, -0.2) is 4.99 Å². The van der Waals surface area contributed by atoms with Crippen molar-refractivity contribution in [3.05, 3.63) is 96.6 Å². The zero-order chi connectivity index (χ0) is 23.8. The van der Waals surface area contributed by atoms with E-state index in [1.165, 1.54) is 16.8 Å². The number of carbonyl (C=O) groups excluding carboxylic acids is 1. The van der Waals surface area contributed by atoms with Crippen molar-refractivity contribution in [1.82, 2.24) is 0 Å². The van der Waals surface area contributed by atoms with Crippen LogP contribution in [0, 0.1) is 33.5 Å². The van der Waals surface area contributed by atoms with E-state index in [9.17, 15) is 15.3 Å². The number of carbonyl (C=O) groups is 1. The summed E-state index contributed by atoms with van der Waals surface area (Å²) in [5, 5.41) is 26.8. The largest absolute Gasteiger partial charge is 0.271 e. The predicted octanol–water partition coefficient (Wildman–Crippen LogP) is 5.65. The third-order valence-corrected chi connectivity index (χ3v) is 7.77. The first-order valence-electron chi connectivity index (χ1n) is 10.7. The van der Waals surface area contributed by atoms with Crippen LogP contribution in [0.1, 0.15) is 17.7 Å². The van der Waals surface area contributed by atoms with E-state index in [0.717, 1.165) is 5.56 Å². The average molecular weight is 462 g/mol. The molecule has 0 N–H and O–H groups in total. The molecule has 1 saturated heterocycles. The van der Waals surface area contributed by atoms with Crippen LogP contribution < -0.4 is 5.01 Å². The van der Waals surface area contributed by atoms with Crippen molar-refractivity contribution >= 4 is 39.8 Å². The quantitative estimate of drug-likeness (QED) is 0.504. The van der Waals surface area contributed by atoms with Gasteiger partial charge in [0.25, 0.3) is 5.91 Å². The molecule has 2 aliphatic rings. The molecule has 2 atom stereocenters. The van der Waals surface area contributed by atoms with Crippen molar-refractivity contribution in [3.8, 4) is 12.1 Å². The van der Waals surface area contributed by atoms with Crippen LogP contribution in [0.15, 0.2) is 101 Å². The standard InChI is InChI=1S/C27H19N5OS/c1-19-27(25(33)32(31-19)22-15-9-4-10-16-22)24(30-21-13-7-3-8-14-21)34-23(26(27,17-28)18-29)20-11-5-2-6-12-20/h2-16,23H,1H3/t23-,27-/m1/s1. The normalized spacial score (nSPS) is 24.1. The van der Waals surface area contributed by atoms with Crippen molar-refractivity contribution in [2.75, 3.05) is 5.01 Å². The van der Waals surface area contributed by atoms with Gasteiger partial charge in [0, 0.05) is 0 Å². The van der Waals surface area contributed by atoms with Crippen LogP contribution in [0.25, 0.3) is 0 Å². The summed E-state index contributed by atoms with van der Waals surface area (Å²) in [5.41, 5.74) is -1.01. The van der Waals surface area contributed by atoms with Crippen molar-refractivity contribution < 1.29 is 4.79 Å². The predicted molar refractivity (Wildman–Crippen MR) is 133 cm³/mol. The van der Waals surface area contributed by atoms with Gasteiger partial charge in [-0.05, 0) is 36.8 Å². The molecule has 1 amide bonds. The number of anilines is 1. The summed E-state index contributed by atoms with van der Waals surface area (Å²) in [6.45, 7) is 1.71. The van der Waals surface area contributed by atoms with Crippen molar-refractivity contribution in [2.45, 2.75) is 12.2 Å². The molecule has 0 radical (unpaired) electrons. The number of hydrogen-bond donors (Lipinski definition) is 0. The minimum atomic E-state index is -1.75. The Labute approximate surface area is 201 Å². The van der Waals surface area contributed by atoms with Crippen LogP contribution in [0.4, 0.5) is 11.4 Å². The van der Waals surface area contributed by atoms with Crippen LogP contribution in [-0.2, 0) is 4.79 Å².